The predicted octanol–water partition coefficient (Wildman–Crippen LogP) is 4.36. The molecule has 6 nitrogen and oxygen atoms in total. The summed E-state index contributed by atoms with van der Waals surface area (Å²) in [6, 6.07) is 24.2. The van der Waals surface area contributed by atoms with Crippen LogP contribution >= 0.6 is 0 Å². The fraction of sp³-hybridized carbons (Fsp3) is 0.111. The summed E-state index contributed by atoms with van der Waals surface area (Å²) in [5.74, 6) is 0.325. The lowest BCUT2D eigenvalue weighted by molar-refractivity contribution is -0.119. The number of amides is 2. The zero-order valence-electron chi connectivity index (χ0n) is 18.5. The maximum Gasteiger partial charge on any atom is 0.245 e. The average Bonchev–Trinajstić information content (AvgIpc) is 2.86. The molecule has 3 aromatic rings. The fourth-order valence-electron chi connectivity index (χ4n) is 3.09. The SMILES string of the molecule is COc1ccc(C(NC(=O)/C=C/c2ccccc2)NC(=O)/C=C/c2ccccc2)cc1OC. The van der Waals surface area contributed by atoms with Crippen molar-refractivity contribution < 1.29 is 19.1 Å². The molecule has 168 valence electrons. The number of carbonyl (C=O) groups is 2. The van der Waals surface area contributed by atoms with Crippen LogP contribution in [0.1, 0.15) is 22.9 Å². The third kappa shape index (κ3) is 7.11. The minimum absolute atomic E-state index is 0.356. The van der Waals surface area contributed by atoms with Gasteiger partial charge in [0.25, 0.3) is 0 Å². The molecule has 2 amide bonds. The Morgan fingerprint density at radius 3 is 1.64 bits per heavy atom. The molecule has 0 heterocycles. The molecule has 0 fully saturated rings. The molecule has 33 heavy (non-hydrogen) atoms. The zero-order chi connectivity index (χ0) is 23.5. The van der Waals surface area contributed by atoms with Crippen molar-refractivity contribution in [1.29, 1.82) is 0 Å². The van der Waals surface area contributed by atoms with Crippen LogP contribution in [0.4, 0.5) is 0 Å². The van der Waals surface area contributed by atoms with E-state index in [0.717, 1.165) is 11.1 Å². The summed E-state index contributed by atoms with van der Waals surface area (Å²) in [6.45, 7) is 0. The lowest BCUT2D eigenvalue weighted by atomic mass is 10.1. The second-order valence-corrected chi connectivity index (χ2v) is 7.05. The predicted molar refractivity (Wildman–Crippen MR) is 130 cm³/mol. The van der Waals surface area contributed by atoms with Crippen LogP contribution in [0, 0.1) is 0 Å². The van der Waals surface area contributed by atoms with E-state index in [1.54, 1.807) is 37.5 Å². The Bertz CT molecular complexity index is 1060. The highest BCUT2D eigenvalue weighted by molar-refractivity contribution is 5.94. The molecular formula is C27H26N2O4. The Kier molecular flexibility index (Phi) is 8.42. The van der Waals surface area contributed by atoms with E-state index in [-0.39, 0.29) is 11.8 Å². The van der Waals surface area contributed by atoms with E-state index in [1.807, 2.05) is 60.7 Å². The number of carbonyl (C=O) groups excluding carboxylic acids is 2. The van der Waals surface area contributed by atoms with E-state index in [1.165, 1.54) is 19.3 Å². The van der Waals surface area contributed by atoms with Crippen molar-refractivity contribution in [2.75, 3.05) is 14.2 Å². The van der Waals surface area contributed by atoms with Gasteiger partial charge in [0, 0.05) is 12.2 Å². The summed E-state index contributed by atoms with van der Waals surface area (Å²) in [7, 11) is 3.07. The third-order valence-corrected chi connectivity index (χ3v) is 4.77. The topological polar surface area (TPSA) is 76.7 Å². The second kappa shape index (κ2) is 11.9. The number of benzene rings is 3. The third-order valence-electron chi connectivity index (χ3n) is 4.77. The number of hydrogen-bond donors (Lipinski definition) is 2. The Balaban J connectivity index is 1.79. The molecular weight excluding hydrogens is 416 g/mol. The van der Waals surface area contributed by atoms with Crippen molar-refractivity contribution in [3.8, 4) is 11.5 Å². The van der Waals surface area contributed by atoms with E-state index < -0.39 is 6.17 Å². The molecule has 0 aliphatic rings. The van der Waals surface area contributed by atoms with Crippen LogP contribution in [0.2, 0.25) is 0 Å². The van der Waals surface area contributed by atoms with Gasteiger partial charge < -0.3 is 20.1 Å². The second-order valence-electron chi connectivity index (χ2n) is 7.05. The number of ether oxygens (including phenoxy) is 2. The highest BCUT2D eigenvalue weighted by atomic mass is 16.5. The summed E-state index contributed by atoms with van der Waals surface area (Å²) in [5, 5.41) is 5.67. The molecule has 0 spiro atoms. The summed E-state index contributed by atoms with van der Waals surface area (Å²) in [4.78, 5) is 25.2. The van der Waals surface area contributed by atoms with Crippen molar-refractivity contribution >= 4 is 24.0 Å². The first-order valence-corrected chi connectivity index (χ1v) is 10.4. The smallest absolute Gasteiger partial charge is 0.245 e. The van der Waals surface area contributed by atoms with Crippen molar-refractivity contribution in [3.05, 3.63) is 108 Å². The van der Waals surface area contributed by atoms with Gasteiger partial charge in [0.05, 0.1) is 14.2 Å². The van der Waals surface area contributed by atoms with Crippen LogP contribution in [-0.4, -0.2) is 26.0 Å². The first-order chi connectivity index (χ1) is 16.1. The van der Waals surface area contributed by atoms with Gasteiger partial charge in [0.15, 0.2) is 11.5 Å². The van der Waals surface area contributed by atoms with Crippen LogP contribution < -0.4 is 20.1 Å². The van der Waals surface area contributed by atoms with Gasteiger partial charge in [-0.3, -0.25) is 9.59 Å². The average molecular weight is 443 g/mol. The van der Waals surface area contributed by atoms with E-state index in [0.29, 0.717) is 17.1 Å². The lowest BCUT2D eigenvalue weighted by Crippen LogP contribution is -2.39. The largest absolute Gasteiger partial charge is 0.493 e. The Morgan fingerprint density at radius 1 is 0.697 bits per heavy atom. The van der Waals surface area contributed by atoms with Gasteiger partial charge >= 0.3 is 0 Å². The standard InChI is InChI=1S/C27H26N2O4/c1-32-23-16-15-22(19-24(23)33-2)27(28-25(30)17-13-20-9-5-3-6-10-20)29-26(31)18-14-21-11-7-4-8-12-21/h3-19,27H,1-2H3,(H,28,30)(H,29,31)/b17-13+,18-14+. The van der Waals surface area contributed by atoms with Gasteiger partial charge in [0.1, 0.15) is 6.17 Å². The van der Waals surface area contributed by atoms with E-state index >= 15 is 0 Å². The summed E-state index contributed by atoms with van der Waals surface area (Å²) < 4.78 is 10.7. The highest BCUT2D eigenvalue weighted by Gasteiger charge is 2.17. The van der Waals surface area contributed by atoms with Gasteiger partial charge in [-0.25, -0.2) is 0 Å². The van der Waals surface area contributed by atoms with Crippen LogP contribution in [0.15, 0.2) is 91.0 Å². The van der Waals surface area contributed by atoms with Gasteiger partial charge in [-0.15, -0.1) is 0 Å². The molecule has 0 bridgehead atoms. The molecule has 2 N–H and O–H groups in total. The van der Waals surface area contributed by atoms with Crippen LogP contribution in [-0.2, 0) is 9.59 Å². The highest BCUT2D eigenvalue weighted by Crippen LogP contribution is 2.29. The molecule has 6 heteroatoms. The Labute approximate surface area is 193 Å². The molecule has 0 atom stereocenters. The molecule has 0 aromatic heterocycles. The Hall–Kier alpha value is -4.32. The maximum atomic E-state index is 12.6. The van der Waals surface area contributed by atoms with Crippen molar-refractivity contribution in [2.45, 2.75) is 6.17 Å². The first kappa shape index (κ1) is 23.3. The molecule has 0 unspecified atom stereocenters. The minimum Gasteiger partial charge on any atom is -0.493 e. The van der Waals surface area contributed by atoms with Gasteiger partial charge in [0.2, 0.25) is 11.8 Å². The normalized spacial score (nSPS) is 11.0. The zero-order valence-corrected chi connectivity index (χ0v) is 18.5. The van der Waals surface area contributed by atoms with Crippen LogP contribution in [0.5, 0.6) is 11.5 Å². The van der Waals surface area contributed by atoms with Crippen molar-refractivity contribution in [2.24, 2.45) is 0 Å². The molecule has 3 aromatic carbocycles. The quantitative estimate of drug-likeness (QED) is 0.381. The molecule has 0 aliphatic carbocycles. The van der Waals surface area contributed by atoms with Gasteiger partial charge in [-0.2, -0.15) is 0 Å². The fourth-order valence-corrected chi connectivity index (χ4v) is 3.09. The van der Waals surface area contributed by atoms with Gasteiger partial charge in [-0.1, -0.05) is 66.7 Å². The van der Waals surface area contributed by atoms with Crippen molar-refractivity contribution in [3.63, 3.8) is 0 Å². The minimum atomic E-state index is -0.786. The molecule has 0 saturated heterocycles. The van der Waals surface area contributed by atoms with Gasteiger partial charge in [-0.05, 0) is 41.0 Å². The molecule has 0 aliphatic heterocycles. The lowest BCUT2D eigenvalue weighted by Gasteiger charge is -2.20. The number of methoxy groups -OCH3 is 2. The summed E-state index contributed by atoms with van der Waals surface area (Å²) in [6.07, 6.45) is 5.48. The Morgan fingerprint density at radius 2 is 1.18 bits per heavy atom. The van der Waals surface area contributed by atoms with E-state index in [4.69, 9.17) is 9.47 Å². The number of nitrogens with one attached hydrogen (secondary N) is 2. The number of hydrogen-bond acceptors (Lipinski definition) is 4. The monoisotopic (exact) mass is 442 g/mol. The van der Waals surface area contributed by atoms with Crippen LogP contribution in [0.3, 0.4) is 0 Å². The van der Waals surface area contributed by atoms with Crippen LogP contribution in [0.25, 0.3) is 12.2 Å². The van der Waals surface area contributed by atoms with E-state index in [2.05, 4.69) is 10.6 Å². The summed E-state index contributed by atoms with van der Waals surface area (Å²) >= 11 is 0. The summed E-state index contributed by atoms with van der Waals surface area (Å²) in [5.41, 5.74) is 2.42. The molecule has 3 rings (SSSR count). The maximum absolute atomic E-state index is 12.6. The molecule has 0 radical (unpaired) electrons. The number of rotatable bonds is 9. The van der Waals surface area contributed by atoms with E-state index in [9.17, 15) is 9.59 Å². The molecule has 0 saturated carbocycles. The first-order valence-electron chi connectivity index (χ1n) is 10.4. The van der Waals surface area contributed by atoms with Crippen molar-refractivity contribution in [1.82, 2.24) is 10.6 Å².